The van der Waals surface area contributed by atoms with Crippen LogP contribution in [-0.2, 0) is 9.59 Å². The second kappa shape index (κ2) is 6.51. The summed E-state index contributed by atoms with van der Waals surface area (Å²) >= 11 is 3.34. The number of hydrogen-bond acceptors (Lipinski definition) is 3. The number of carbonyl (C=O) groups excluding carboxylic acids is 2. The van der Waals surface area contributed by atoms with E-state index in [9.17, 15) is 9.59 Å². The Bertz CT molecular complexity index is 433. The maximum absolute atomic E-state index is 11.7. The van der Waals surface area contributed by atoms with Crippen molar-refractivity contribution in [2.75, 3.05) is 0 Å². The van der Waals surface area contributed by atoms with Crippen molar-refractivity contribution in [1.29, 1.82) is 0 Å². The number of nitrogens with two attached hydrogens (primary N) is 2. The summed E-state index contributed by atoms with van der Waals surface area (Å²) in [6, 6.07) is 6.50. The Kier molecular flexibility index (Phi) is 5.30. The summed E-state index contributed by atoms with van der Waals surface area (Å²) in [4.78, 5) is 22.3. The summed E-state index contributed by atoms with van der Waals surface area (Å²) in [5.41, 5.74) is 11.5. The zero-order valence-electron chi connectivity index (χ0n) is 10.0. The first kappa shape index (κ1) is 14.7. The molecular weight excluding hydrogens is 298 g/mol. The Morgan fingerprint density at radius 1 is 1.33 bits per heavy atom. The summed E-state index contributed by atoms with van der Waals surface area (Å²) < 4.78 is 0.968. The first-order valence-electron chi connectivity index (χ1n) is 5.50. The van der Waals surface area contributed by atoms with Crippen molar-refractivity contribution in [3.8, 4) is 0 Å². The highest BCUT2D eigenvalue weighted by atomic mass is 79.9. The van der Waals surface area contributed by atoms with E-state index in [1.54, 1.807) is 0 Å². The number of halogens is 1. The standard InChI is InChI=1S/C12H16BrN3O2/c1-7(8-2-4-9(13)5-3-8)16-12(18)10(14)6-11(15)17/h2-5,7,10H,6,14H2,1H3,(H2,15,17)(H,16,18). The van der Waals surface area contributed by atoms with Crippen LogP contribution in [0.25, 0.3) is 0 Å². The molecule has 5 N–H and O–H groups in total. The first-order valence-corrected chi connectivity index (χ1v) is 6.29. The fraction of sp³-hybridized carbons (Fsp3) is 0.333. The minimum absolute atomic E-state index is 0.154. The maximum Gasteiger partial charge on any atom is 0.237 e. The van der Waals surface area contributed by atoms with Gasteiger partial charge in [0, 0.05) is 4.47 Å². The zero-order chi connectivity index (χ0) is 13.7. The van der Waals surface area contributed by atoms with Crippen LogP contribution >= 0.6 is 15.9 Å². The van der Waals surface area contributed by atoms with Crippen molar-refractivity contribution >= 4 is 27.7 Å². The predicted octanol–water partition coefficient (Wildman–Crippen LogP) is 0.829. The van der Waals surface area contributed by atoms with Gasteiger partial charge in [0.15, 0.2) is 0 Å². The summed E-state index contributed by atoms with van der Waals surface area (Å²) in [5.74, 6) is -0.974. The van der Waals surface area contributed by atoms with Gasteiger partial charge < -0.3 is 16.8 Å². The van der Waals surface area contributed by atoms with Gasteiger partial charge in [-0.3, -0.25) is 9.59 Å². The number of amides is 2. The van der Waals surface area contributed by atoms with Gasteiger partial charge in [-0.1, -0.05) is 28.1 Å². The number of rotatable bonds is 5. The minimum atomic E-state index is -0.902. The molecule has 0 aliphatic carbocycles. The second-order valence-electron chi connectivity index (χ2n) is 4.06. The molecule has 0 saturated heterocycles. The Morgan fingerprint density at radius 2 is 1.89 bits per heavy atom. The smallest absolute Gasteiger partial charge is 0.237 e. The molecule has 1 aromatic carbocycles. The average Bonchev–Trinajstić information content (AvgIpc) is 2.28. The van der Waals surface area contributed by atoms with Crippen LogP contribution in [0.4, 0.5) is 0 Å². The minimum Gasteiger partial charge on any atom is -0.370 e. The summed E-state index contributed by atoms with van der Waals surface area (Å²) in [7, 11) is 0. The molecule has 2 atom stereocenters. The Morgan fingerprint density at radius 3 is 2.39 bits per heavy atom. The fourth-order valence-corrected chi connectivity index (χ4v) is 1.73. The molecule has 0 fully saturated rings. The van der Waals surface area contributed by atoms with Crippen LogP contribution in [0.3, 0.4) is 0 Å². The van der Waals surface area contributed by atoms with E-state index >= 15 is 0 Å². The van der Waals surface area contributed by atoms with Gasteiger partial charge in [-0.2, -0.15) is 0 Å². The lowest BCUT2D eigenvalue weighted by Gasteiger charge is -2.17. The van der Waals surface area contributed by atoms with Crippen LogP contribution in [0.5, 0.6) is 0 Å². The Hall–Kier alpha value is -1.40. The first-order chi connectivity index (χ1) is 8.40. The van der Waals surface area contributed by atoms with Crippen LogP contribution < -0.4 is 16.8 Å². The van der Waals surface area contributed by atoms with E-state index in [-0.39, 0.29) is 18.4 Å². The summed E-state index contributed by atoms with van der Waals surface area (Å²) in [5, 5.41) is 2.73. The molecule has 0 aliphatic heterocycles. The van der Waals surface area contributed by atoms with Gasteiger partial charge in [0.1, 0.15) is 0 Å². The molecule has 98 valence electrons. The van der Waals surface area contributed by atoms with Crippen molar-refractivity contribution in [3.63, 3.8) is 0 Å². The van der Waals surface area contributed by atoms with Gasteiger partial charge in [-0.25, -0.2) is 0 Å². The zero-order valence-corrected chi connectivity index (χ0v) is 11.6. The molecule has 2 amide bonds. The molecule has 1 aromatic rings. The van der Waals surface area contributed by atoms with Gasteiger partial charge in [0.05, 0.1) is 18.5 Å². The van der Waals surface area contributed by atoms with Gasteiger partial charge in [-0.05, 0) is 24.6 Å². The Balaban J connectivity index is 2.59. The molecule has 0 bridgehead atoms. The fourth-order valence-electron chi connectivity index (χ4n) is 1.46. The molecular formula is C12H16BrN3O2. The number of carbonyl (C=O) groups is 2. The molecule has 5 nitrogen and oxygen atoms in total. The number of hydrogen-bond donors (Lipinski definition) is 3. The van der Waals surface area contributed by atoms with Crippen LogP contribution in [0.2, 0.25) is 0 Å². The second-order valence-corrected chi connectivity index (χ2v) is 4.97. The molecule has 0 aliphatic rings. The van der Waals surface area contributed by atoms with Crippen molar-refractivity contribution in [2.45, 2.75) is 25.4 Å². The molecule has 1 rings (SSSR count). The van der Waals surface area contributed by atoms with Gasteiger partial charge >= 0.3 is 0 Å². The van der Waals surface area contributed by atoms with E-state index in [1.165, 1.54) is 0 Å². The highest BCUT2D eigenvalue weighted by Gasteiger charge is 2.18. The van der Waals surface area contributed by atoms with Crippen molar-refractivity contribution in [1.82, 2.24) is 5.32 Å². The normalized spacial score (nSPS) is 13.7. The van der Waals surface area contributed by atoms with Gasteiger partial charge in [-0.15, -0.1) is 0 Å². The van der Waals surface area contributed by atoms with Gasteiger partial charge in [0.25, 0.3) is 0 Å². The Labute approximate surface area is 114 Å². The lowest BCUT2D eigenvalue weighted by molar-refractivity contribution is -0.126. The monoisotopic (exact) mass is 313 g/mol. The van der Waals surface area contributed by atoms with Crippen LogP contribution in [-0.4, -0.2) is 17.9 Å². The SMILES string of the molecule is CC(NC(=O)C(N)CC(N)=O)c1ccc(Br)cc1. The highest BCUT2D eigenvalue weighted by molar-refractivity contribution is 9.10. The average molecular weight is 314 g/mol. The third-order valence-electron chi connectivity index (χ3n) is 2.49. The topological polar surface area (TPSA) is 98.2 Å². The molecule has 0 aromatic heterocycles. The van der Waals surface area contributed by atoms with E-state index in [0.29, 0.717) is 0 Å². The van der Waals surface area contributed by atoms with Crippen LogP contribution in [0.15, 0.2) is 28.7 Å². The summed E-state index contributed by atoms with van der Waals surface area (Å²) in [6.07, 6.45) is -0.154. The predicted molar refractivity (Wildman–Crippen MR) is 72.5 cm³/mol. The number of benzene rings is 1. The molecule has 0 spiro atoms. The lowest BCUT2D eigenvalue weighted by Crippen LogP contribution is -2.43. The van der Waals surface area contributed by atoms with E-state index in [2.05, 4.69) is 21.2 Å². The molecule has 0 radical (unpaired) electrons. The van der Waals surface area contributed by atoms with Crippen molar-refractivity contribution in [2.24, 2.45) is 11.5 Å². The highest BCUT2D eigenvalue weighted by Crippen LogP contribution is 2.16. The van der Waals surface area contributed by atoms with E-state index in [1.807, 2.05) is 31.2 Å². The third kappa shape index (κ3) is 4.46. The molecule has 18 heavy (non-hydrogen) atoms. The van der Waals surface area contributed by atoms with E-state index in [4.69, 9.17) is 11.5 Å². The van der Waals surface area contributed by atoms with E-state index in [0.717, 1.165) is 10.0 Å². The van der Waals surface area contributed by atoms with Crippen molar-refractivity contribution < 1.29 is 9.59 Å². The maximum atomic E-state index is 11.7. The van der Waals surface area contributed by atoms with Crippen LogP contribution in [0.1, 0.15) is 24.9 Å². The number of nitrogens with one attached hydrogen (secondary N) is 1. The van der Waals surface area contributed by atoms with E-state index < -0.39 is 11.9 Å². The molecule has 0 saturated carbocycles. The third-order valence-corrected chi connectivity index (χ3v) is 3.02. The lowest BCUT2D eigenvalue weighted by atomic mass is 10.1. The largest absolute Gasteiger partial charge is 0.370 e. The molecule has 6 heteroatoms. The summed E-state index contributed by atoms with van der Waals surface area (Å²) in [6.45, 7) is 1.85. The molecule has 2 unspecified atom stereocenters. The van der Waals surface area contributed by atoms with Crippen molar-refractivity contribution in [3.05, 3.63) is 34.3 Å². The van der Waals surface area contributed by atoms with Crippen LogP contribution in [0, 0.1) is 0 Å². The van der Waals surface area contributed by atoms with Gasteiger partial charge in [0.2, 0.25) is 11.8 Å². The quantitative estimate of drug-likeness (QED) is 0.751. The number of primary amides is 1. The molecule has 0 heterocycles.